The van der Waals surface area contributed by atoms with E-state index in [0.29, 0.717) is 5.92 Å². The zero-order valence-corrected chi connectivity index (χ0v) is 19.1. The van der Waals surface area contributed by atoms with E-state index in [0.717, 1.165) is 5.69 Å². The average Bonchev–Trinajstić information content (AvgIpc) is 3.31. The lowest BCUT2D eigenvalue weighted by molar-refractivity contribution is 0.113. The molecule has 2 heterocycles. The molecule has 32 heavy (non-hydrogen) atoms. The van der Waals surface area contributed by atoms with Crippen LogP contribution in [-0.4, -0.2) is 11.5 Å². The normalized spacial score (nSPS) is 25.7. The molecule has 2 aliphatic heterocycles. The molecule has 3 aliphatic rings. The molecule has 2 atom stereocenters. The van der Waals surface area contributed by atoms with Crippen molar-refractivity contribution in [3.63, 3.8) is 0 Å². The quantitative estimate of drug-likeness (QED) is 0.438. The summed E-state index contributed by atoms with van der Waals surface area (Å²) < 4.78 is 9.69. The number of para-hydroxylation sites is 1. The number of rotatable bonds is 3. The molecule has 2 unspecified atom stereocenters. The molecule has 0 N–H and O–H groups in total. The lowest BCUT2D eigenvalue weighted by Gasteiger charge is -2.47. The van der Waals surface area contributed by atoms with E-state index in [1.54, 1.807) is 0 Å². The van der Waals surface area contributed by atoms with E-state index in [1.807, 2.05) is 0 Å². The van der Waals surface area contributed by atoms with E-state index in [1.165, 1.54) is 65.8 Å². The number of anilines is 1. The fraction of sp³-hybridized carbons (Fsp3) is 0.333. The van der Waals surface area contributed by atoms with Crippen LogP contribution in [0.5, 0.6) is 0 Å². The number of fused-ring (bicyclic) bond motifs is 3. The van der Waals surface area contributed by atoms with Crippen molar-refractivity contribution in [1.82, 2.24) is 4.90 Å². The van der Waals surface area contributed by atoms with E-state index in [4.69, 9.17) is 0 Å². The van der Waals surface area contributed by atoms with Gasteiger partial charge in [0.25, 0.3) is 0 Å². The average molecular weight is 422 g/mol. The van der Waals surface area contributed by atoms with Crippen LogP contribution in [0.4, 0.5) is 5.69 Å². The van der Waals surface area contributed by atoms with Gasteiger partial charge in [0.05, 0.1) is 19.3 Å². The second kappa shape index (κ2) is 7.55. The molecule has 3 aromatic rings. The first-order chi connectivity index (χ1) is 16.2. The van der Waals surface area contributed by atoms with Crippen LogP contribution in [0.25, 0.3) is 5.70 Å². The highest BCUT2D eigenvalue weighted by Crippen LogP contribution is 2.59. The maximum Gasteiger partial charge on any atom is 0.0962 e. The Balaban J connectivity index is 1.64. The number of allylic oxidation sites excluding steroid dienone is 1. The smallest absolute Gasteiger partial charge is 0.0962 e. The molecule has 0 bridgehead atoms. The second-order valence-corrected chi connectivity index (χ2v) is 9.59. The van der Waals surface area contributed by atoms with Gasteiger partial charge in [-0.2, -0.15) is 0 Å². The Morgan fingerprint density at radius 2 is 1.50 bits per heavy atom. The van der Waals surface area contributed by atoms with Crippen LogP contribution in [0.1, 0.15) is 62.7 Å². The minimum Gasteiger partial charge on any atom is -0.337 e. The van der Waals surface area contributed by atoms with Gasteiger partial charge in [0.2, 0.25) is 0 Å². The van der Waals surface area contributed by atoms with Crippen molar-refractivity contribution in [3.05, 3.63) is 107 Å². The van der Waals surface area contributed by atoms with Crippen LogP contribution in [-0.2, 0) is 5.54 Å². The Labute approximate surface area is 193 Å². The van der Waals surface area contributed by atoms with Crippen LogP contribution in [0.3, 0.4) is 0 Å². The lowest BCUT2D eigenvalue weighted by Crippen LogP contribution is -2.49. The molecule has 3 aromatic carbocycles. The van der Waals surface area contributed by atoms with Crippen molar-refractivity contribution in [2.24, 2.45) is 5.92 Å². The Hall–Kier alpha value is -3.00. The number of benzene rings is 3. The van der Waals surface area contributed by atoms with Crippen molar-refractivity contribution >= 4 is 11.4 Å². The summed E-state index contributed by atoms with van der Waals surface area (Å²) >= 11 is 0. The van der Waals surface area contributed by atoms with Gasteiger partial charge in [0.1, 0.15) is 0 Å². The molecular weight excluding hydrogens is 388 g/mol. The van der Waals surface area contributed by atoms with Gasteiger partial charge < -0.3 is 9.80 Å². The Kier molecular flexibility index (Phi) is 4.38. The van der Waals surface area contributed by atoms with Gasteiger partial charge in [0.15, 0.2) is 0 Å². The van der Waals surface area contributed by atoms with Crippen molar-refractivity contribution in [2.45, 2.75) is 51.5 Å². The third-order valence-electron chi connectivity index (χ3n) is 7.93. The predicted octanol–water partition coefficient (Wildman–Crippen LogP) is 7.30. The fourth-order valence-electron chi connectivity index (χ4n) is 6.53. The zero-order chi connectivity index (χ0) is 22.6. The molecule has 0 aromatic heterocycles. The molecule has 0 saturated heterocycles. The Bertz CT molecular complexity index is 1210. The van der Waals surface area contributed by atoms with Crippen molar-refractivity contribution in [2.75, 3.05) is 11.5 Å². The first-order valence-corrected chi connectivity index (χ1v) is 12.1. The third-order valence-corrected chi connectivity index (χ3v) is 7.93. The van der Waals surface area contributed by atoms with Crippen molar-refractivity contribution in [3.8, 4) is 0 Å². The molecule has 2 heteroatoms. The second-order valence-electron chi connectivity index (χ2n) is 9.59. The van der Waals surface area contributed by atoms with Gasteiger partial charge in [-0.15, -0.1) is 0 Å². The van der Waals surface area contributed by atoms with Gasteiger partial charge in [-0.3, -0.25) is 0 Å². The highest BCUT2D eigenvalue weighted by atomic mass is 15.4. The van der Waals surface area contributed by atoms with Crippen LogP contribution in [0.15, 0.2) is 84.6 Å². The van der Waals surface area contributed by atoms with Crippen molar-refractivity contribution < 1.29 is 1.37 Å². The first kappa shape index (κ1) is 18.6. The number of hydrogen-bond acceptors (Lipinski definition) is 2. The van der Waals surface area contributed by atoms with E-state index in [2.05, 4.69) is 103 Å². The van der Waals surface area contributed by atoms with Crippen LogP contribution in [0, 0.1) is 12.8 Å². The summed E-state index contributed by atoms with van der Waals surface area (Å²) in [6.45, 7) is 3.86. The monoisotopic (exact) mass is 421 g/mol. The maximum absolute atomic E-state index is 9.69. The highest BCUT2D eigenvalue weighted by molar-refractivity contribution is 5.83. The molecule has 2 nitrogen and oxygen atoms in total. The Morgan fingerprint density at radius 3 is 2.28 bits per heavy atom. The predicted molar refractivity (Wildman–Crippen MR) is 133 cm³/mol. The van der Waals surface area contributed by atoms with Crippen LogP contribution >= 0.6 is 0 Å². The van der Waals surface area contributed by atoms with E-state index in [9.17, 15) is 1.37 Å². The maximum atomic E-state index is 9.69. The molecular formula is C30H32N2. The number of aryl methyl sites for hydroxylation is 1. The summed E-state index contributed by atoms with van der Waals surface area (Å²) in [7, 11) is 0. The summed E-state index contributed by atoms with van der Waals surface area (Å²) in [5, 5.41) is 0. The molecule has 0 spiro atoms. The standard InChI is InChI=1S/C30H32N2/c1-22-13-9-12-20-28(22)31-21-32-29(23(31)2)26-18-10-11-19-27(26)30(32,24-14-5-3-6-15-24)25-16-7-4-8-17-25/h3,5-6,9-15,18-20,25H,4,7-8,16-17,21H2,1-2H3/i21D. The summed E-state index contributed by atoms with van der Waals surface area (Å²) in [5.41, 5.74) is 8.49. The summed E-state index contributed by atoms with van der Waals surface area (Å²) in [6.07, 6.45) is 6.30. The van der Waals surface area contributed by atoms with E-state index in [-0.39, 0.29) is 5.54 Å². The zero-order valence-electron chi connectivity index (χ0n) is 20.1. The van der Waals surface area contributed by atoms with Gasteiger partial charge in [-0.25, -0.2) is 0 Å². The minimum absolute atomic E-state index is 0.307. The number of hydrogen-bond donors (Lipinski definition) is 0. The molecule has 0 amide bonds. The minimum atomic E-state index is -0.504. The summed E-state index contributed by atoms with van der Waals surface area (Å²) in [4.78, 5) is 4.73. The highest BCUT2D eigenvalue weighted by Gasteiger charge is 2.56. The first-order valence-electron chi connectivity index (χ1n) is 12.7. The molecule has 1 fully saturated rings. The SMILES string of the molecule is [2H]C1N(c2ccccc2C)C(C)=C2c3ccccc3C(c3ccccc3)(C3CCCCC3)N21. The van der Waals surface area contributed by atoms with Gasteiger partial charge in [-0.1, -0.05) is 92.1 Å². The van der Waals surface area contributed by atoms with Gasteiger partial charge in [0, 0.05) is 16.9 Å². The van der Waals surface area contributed by atoms with Gasteiger partial charge >= 0.3 is 0 Å². The Morgan fingerprint density at radius 1 is 0.812 bits per heavy atom. The third kappa shape index (κ3) is 2.65. The largest absolute Gasteiger partial charge is 0.337 e. The van der Waals surface area contributed by atoms with Crippen molar-refractivity contribution in [1.29, 1.82) is 0 Å². The van der Waals surface area contributed by atoms with Gasteiger partial charge in [-0.05, 0) is 55.4 Å². The summed E-state index contributed by atoms with van der Waals surface area (Å²) in [5.74, 6) is 0.491. The summed E-state index contributed by atoms with van der Waals surface area (Å²) in [6, 6.07) is 28.5. The fourth-order valence-corrected chi connectivity index (χ4v) is 6.53. The number of nitrogens with zero attached hydrogens (tertiary/aromatic N) is 2. The molecule has 1 aliphatic carbocycles. The molecule has 1 saturated carbocycles. The lowest BCUT2D eigenvalue weighted by atomic mass is 9.67. The van der Waals surface area contributed by atoms with E-state index >= 15 is 0 Å². The topological polar surface area (TPSA) is 6.48 Å². The van der Waals surface area contributed by atoms with E-state index < -0.39 is 6.64 Å². The molecule has 6 rings (SSSR count). The molecule has 0 radical (unpaired) electrons. The van der Waals surface area contributed by atoms with Crippen LogP contribution < -0.4 is 4.90 Å². The van der Waals surface area contributed by atoms with Crippen LogP contribution in [0.2, 0.25) is 0 Å². The molecule has 162 valence electrons.